The van der Waals surface area contributed by atoms with E-state index in [-0.39, 0.29) is 18.2 Å². The van der Waals surface area contributed by atoms with Gasteiger partial charge in [-0.25, -0.2) is 17.5 Å². The molecular weight excluding hydrogens is 290 g/mol. The van der Waals surface area contributed by atoms with E-state index in [1.54, 1.807) is 25.2 Å². The topological polar surface area (TPSA) is 74.7 Å². The van der Waals surface area contributed by atoms with E-state index in [2.05, 4.69) is 0 Å². The average molecular weight is 311 g/mol. The number of hydrogen-bond donors (Lipinski definition) is 1. The first-order valence-corrected chi connectivity index (χ1v) is 8.25. The molecule has 0 atom stereocenters. The van der Waals surface area contributed by atoms with E-state index in [9.17, 15) is 13.2 Å². The molecule has 0 aliphatic rings. The first-order chi connectivity index (χ1) is 9.70. The van der Waals surface area contributed by atoms with Crippen molar-refractivity contribution < 1.29 is 18.3 Å². The molecule has 5 nitrogen and oxygen atoms in total. The van der Waals surface area contributed by atoms with Crippen molar-refractivity contribution in [1.29, 1.82) is 0 Å². The van der Waals surface area contributed by atoms with Crippen LogP contribution >= 0.6 is 0 Å². The van der Waals surface area contributed by atoms with Crippen molar-refractivity contribution >= 4 is 22.1 Å². The van der Waals surface area contributed by atoms with E-state index in [4.69, 9.17) is 5.11 Å². The van der Waals surface area contributed by atoms with Gasteiger partial charge in [-0.2, -0.15) is 0 Å². The smallest absolute Gasteiger partial charge is 0.328 e. The van der Waals surface area contributed by atoms with E-state index < -0.39 is 16.0 Å². The van der Waals surface area contributed by atoms with Gasteiger partial charge in [0, 0.05) is 19.7 Å². The summed E-state index contributed by atoms with van der Waals surface area (Å²) in [6.45, 7) is 4.00. The number of benzene rings is 1. The van der Waals surface area contributed by atoms with Crippen LogP contribution in [0.5, 0.6) is 0 Å². The average Bonchev–Trinajstić information content (AvgIpc) is 2.35. The summed E-state index contributed by atoms with van der Waals surface area (Å²) in [7, 11) is -1.72. The molecule has 0 aliphatic heterocycles. The number of carboxylic acid groups (broad SMARTS) is 1. The molecule has 1 aromatic carbocycles. The zero-order valence-electron chi connectivity index (χ0n) is 12.5. The molecule has 0 saturated carbocycles. The van der Waals surface area contributed by atoms with Crippen LogP contribution in [0.4, 0.5) is 0 Å². The van der Waals surface area contributed by atoms with E-state index in [1.807, 2.05) is 19.9 Å². The van der Waals surface area contributed by atoms with Crippen molar-refractivity contribution in [3.8, 4) is 0 Å². The summed E-state index contributed by atoms with van der Waals surface area (Å²) in [6.07, 6.45) is 2.53. The predicted octanol–water partition coefficient (Wildman–Crippen LogP) is 2.20. The summed E-state index contributed by atoms with van der Waals surface area (Å²) < 4.78 is 25.5. The van der Waals surface area contributed by atoms with E-state index >= 15 is 0 Å². The highest BCUT2D eigenvalue weighted by Gasteiger charge is 2.19. The number of carbonyl (C=O) groups is 1. The van der Waals surface area contributed by atoms with Gasteiger partial charge in [-0.1, -0.05) is 38.1 Å². The molecule has 0 fully saturated rings. The summed E-state index contributed by atoms with van der Waals surface area (Å²) in [5.74, 6) is -0.832. The Balaban J connectivity index is 2.84. The molecule has 0 bridgehead atoms. The van der Waals surface area contributed by atoms with Crippen molar-refractivity contribution in [3.63, 3.8) is 0 Å². The number of nitrogens with zero attached hydrogens (tertiary/aromatic N) is 1. The third-order valence-corrected chi connectivity index (χ3v) is 4.96. The molecule has 0 unspecified atom stereocenters. The lowest BCUT2D eigenvalue weighted by molar-refractivity contribution is -0.131. The SMILES string of the molecule is CC(C)CS(=O)(=O)N(C)Cc1cccc(C=CC(=O)O)c1. The highest BCUT2D eigenvalue weighted by molar-refractivity contribution is 7.89. The summed E-state index contributed by atoms with van der Waals surface area (Å²) in [5.41, 5.74) is 1.54. The molecule has 6 heteroatoms. The van der Waals surface area contributed by atoms with Crippen LogP contribution in [-0.2, 0) is 21.4 Å². The van der Waals surface area contributed by atoms with Crippen LogP contribution in [0.2, 0.25) is 0 Å². The lowest BCUT2D eigenvalue weighted by atomic mass is 10.1. The Labute approximate surface area is 126 Å². The van der Waals surface area contributed by atoms with E-state index in [0.29, 0.717) is 0 Å². The van der Waals surface area contributed by atoms with Crippen molar-refractivity contribution in [2.75, 3.05) is 12.8 Å². The summed E-state index contributed by atoms with van der Waals surface area (Å²) in [4.78, 5) is 10.5. The van der Waals surface area contributed by atoms with Crippen molar-refractivity contribution in [3.05, 3.63) is 41.5 Å². The van der Waals surface area contributed by atoms with Gasteiger partial charge in [0.15, 0.2) is 0 Å². The molecule has 116 valence electrons. The predicted molar refractivity (Wildman–Crippen MR) is 83.2 cm³/mol. The molecule has 0 amide bonds. The molecule has 0 aliphatic carbocycles. The second-order valence-electron chi connectivity index (χ2n) is 5.35. The van der Waals surface area contributed by atoms with Gasteiger partial charge in [0.05, 0.1) is 5.75 Å². The van der Waals surface area contributed by atoms with Crippen LogP contribution < -0.4 is 0 Å². The monoisotopic (exact) mass is 311 g/mol. The molecule has 1 N–H and O–H groups in total. The van der Waals surface area contributed by atoms with Gasteiger partial charge in [-0.15, -0.1) is 0 Å². The minimum atomic E-state index is -3.28. The molecule has 0 radical (unpaired) electrons. The van der Waals surface area contributed by atoms with Crippen LogP contribution in [0.3, 0.4) is 0 Å². The van der Waals surface area contributed by atoms with Crippen molar-refractivity contribution in [2.45, 2.75) is 20.4 Å². The minimum absolute atomic E-state index is 0.0716. The number of rotatable bonds is 7. The molecular formula is C15H21NO4S. The Hall–Kier alpha value is -1.66. The third kappa shape index (κ3) is 6.10. The van der Waals surface area contributed by atoms with Crippen LogP contribution in [0.15, 0.2) is 30.3 Å². The Morgan fingerprint density at radius 3 is 2.62 bits per heavy atom. The first-order valence-electron chi connectivity index (χ1n) is 6.64. The van der Waals surface area contributed by atoms with Gasteiger partial charge < -0.3 is 5.11 Å². The quantitative estimate of drug-likeness (QED) is 0.783. The van der Waals surface area contributed by atoms with Gasteiger partial charge in [-0.3, -0.25) is 0 Å². The van der Waals surface area contributed by atoms with Crippen LogP contribution in [-0.4, -0.2) is 36.6 Å². The van der Waals surface area contributed by atoms with Gasteiger partial charge in [0.1, 0.15) is 0 Å². The van der Waals surface area contributed by atoms with Gasteiger partial charge >= 0.3 is 5.97 Å². The van der Waals surface area contributed by atoms with Crippen LogP contribution in [0, 0.1) is 5.92 Å². The maximum Gasteiger partial charge on any atom is 0.328 e. The molecule has 0 heterocycles. The maximum atomic E-state index is 12.1. The Bertz CT molecular complexity index is 620. The summed E-state index contributed by atoms with van der Waals surface area (Å²) in [5, 5.41) is 8.61. The fraction of sp³-hybridized carbons (Fsp3) is 0.400. The molecule has 21 heavy (non-hydrogen) atoms. The van der Waals surface area contributed by atoms with Gasteiger partial charge in [0.2, 0.25) is 10.0 Å². The molecule has 1 rings (SSSR count). The highest BCUT2D eigenvalue weighted by Crippen LogP contribution is 2.13. The number of aliphatic carboxylic acids is 1. The Morgan fingerprint density at radius 1 is 1.38 bits per heavy atom. The fourth-order valence-electron chi connectivity index (χ4n) is 1.87. The first kappa shape index (κ1) is 17.4. The zero-order chi connectivity index (χ0) is 16.0. The summed E-state index contributed by atoms with van der Waals surface area (Å²) >= 11 is 0. The number of sulfonamides is 1. The van der Waals surface area contributed by atoms with Crippen molar-refractivity contribution in [2.24, 2.45) is 5.92 Å². The lowest BCUT2D eigenvalue weighted by Gasteiger charge is -2.18. The largest absolute Gasteiger partial charge is 0.478 e. The molecule has 0 aromatic heterocycles. The van der Waals surface area contributed by atoms with E-state index in [1.165, 1.54) is 10.4 Å². The van der Waals surface area contributed by atoms with Crippen LogP contribution in [0.1, 0.15) is 25.0 Å². The number of hydrogen-bond acceptors (Lipinski definition) is 3. The highest BCUT2D eigenvalue weighted by atomic mass is 32.2. The third-order valence-electron chi connectivity index (χ3n) is 2.79. The molecule has 1 aromatic rings. The normalized spacial score (nSPS) is 12.4. The number of carboxylic acids is 1. The second-order valence-corrected chi connectivity index (χ2v) is 7.47. The maximum absolute atomic E-state index is 12.1. The molecule has 0 spiro atoms. The Kier molecular flexibility index (Phi) is 6.11. The summed E-state index contributed by atoms with van der Waals surface area (Å²) in [6, 6.07) is 7.14. The van der Waals surface area contributed by atoms with Crippen LogP contribution in [0.25, 0.3) is 6.08 Å². The van der Waals surface area contributed by atoms with Gasteiger partial charge in [-0.05, 0) is 23.1 Å². The Morgan fingerprint density at radius 2 is 2.05 bits per heavy atom. The van der Waals surface area contributed by atoms with E-state index in [0.717, 1.165) is 17.2 Å². The van der Waals surface area contributed by atoms with Crippen molar-refractivity contribution in [1.82, 2.24) is 4.31 Å². The fourth-order valence-corrected chi connectivity index (χ4v) is 3.31. The second kappa shape index (κ2) is 7.38. The van der Waals surface area contributed by atoms with Gasteiger partial charge in [0.25, 0.3) is 0 Å². The zero-order valence-corrected chi connectivity index (χ0v) is 13.3. The standard InChI is InChI=1S/C15H21NO4S/c1-12(2)11-21(19,20)16(3)10-14-6-4-5-13(9-14)7-8-15(17)18/h4-9,12H,10-11H2,1-3H3,(H,17,18). The minimum Gasteiger partial charge on any atom is -0.478 e. The lowest BCUT2D eigenvalue weighted by Crippen LogP contribution is -2.30. The molecule has 0 saturated heterocycles.